The smallest absolute Gasteiger partial charge is 0.317 e. The van der Waals surface area contributed by atoms with Crippen LogP contribution in [0.25, 0.3) is 0 Å². The van der Waals surface area contributed by atoms with Crippen molar-refractivity contribution in [3.8, 4) is 0 Å². The van der Waals surface area contributed by atoms with Crippen molar-refractivity contribution in [3.63, 3.8) is 0 Å². The summed E-state index contributed by atoms with van der Waals surface area (Å²) in [4.78, 5) is 14.4. The maximum atomic E-state index is 12.4. The van der Waals surface area contributed by atoms with E-state index in [1.54, 1.807) is 36.1 Å². The number of aryl methyl sites for hydroxylation is 1. The van der Waals surface area contributed by atoms with E-state index in [9.17, 15) is 13.2 Å². The van der Waals surface area contributed by atoms with E-state index in [2.05, 4.69) is 5.32 Å². The van der Waals surface area contributed by atoms with Gasteiger partial charge in [0.05, 0.1) is 10.6 Å². The summed E-state index contributed by atoms with van der Waals surface area (Å²) in [5.41, 5.74) is 1.02. The second-order valence-corrected chi connectivity index (χ2v) is 8.52. The van der Waals surface area contributed by atoms with Crippen LogP contribution in [-0.4, -0.2) is 43.7 Å². The number of nitrogens with one attached hydrogen (secondary N) is 1. The molecule has 0 aromatic heterocycles. The van der Waals surface area contributed by atoms with Crippen LogP contribution in [0, 0.1) is 6.92 Å². The van der Waals surface area contributed by atoms with E-state index in [1.807, 2.05) is 13.8 Å². The van der Waals surface area contributed by atoms with Gasteiger partial charge in [0.25, 0.3) is 0 Å². The number of piperidine rings is 1. The van der Waals surface area contributed by atoms with Gasteiger partial charge in [-0.3, -0.25) is 0 Å². The molecule has 0 unspecified atom stereocenters. The van der Waals surface area contributed by atoms with Crippen molar-refractivity contribution < 1.29 is 13.2 Å². The third kappa shape index (κ3) is 4.70. The van der Waals surface area contributed by atoms with Gasteiger partial charge in [0.2, 0.25) is 0 Å². The van der Waals surface area contributed by atoms with Crippen molar-refractivity contribution >= 4 is 15.9 Å². The molecule has 0 saturated carbocycles. The lowest BCUT2D eigenvalue weighted by atomic mass is 10.0. The zero-order chi connectivity index (χ0) is 17.0. The fraction of sp³-hybridized carbons (Fsp3) is 0.588. The van der Waals surface area contributed by atoms with Crippen LogP contribution in [0.2, 0.25) is 0 Å². The number of benzene rings is 1. The average Bonchev–Trinajstić information content (AvgIpc) is 2.47. The van der Waals surface area contributed by atoms with E-state index in [0.29, 0.717) is 4.90 Å². The second kappa shape index (κ2) is 7.34. The molecule has 128 valence electrons. The molecule has 2 atom stereocenters. The summed E-state index contributed by atoms with van der Waals surface area (Å²) in [6, 6.07) is 6.42. The largest absolute Gasteiger partial charge is 0.334 e. The molecule has 0 aliphatic carbocycles. The molecule has 1 aliphatic rings. The Morgan fingerprint density at radius 3 is 2.57 bits per heavy atom. The number of hydrogen-bond donors (Lipinski definition) is 1. The van der Waals surface area contributed by atoms with E-state index >= 15 is 0 Å². The summed E-state index contributed by atoms with van der Waals surface area (Å²) in [5, 5.41) is 2.83. The van der Waals surface area contributed by atoms with Crippen molar-refractivity contribution in [1.29, 1.82) is 0 Å². The van der Waals surface area contributed by atoms with E-state index in [0.717, 1.165) is 31.4 Å². The minimum absolute atomic E-state index is 0.0932. The predicted molar refractivity (Wildman–Crippen MR) is 91.2 cm³/mol. The Hall–Kier alpha value is -1.56. The van der Waals surface area contributed by atoms with Gasteiger partial charge in [-0.15, -0.1) is 0 Å². The molecule has 5 nitrogen and oxygen atoms in total. The molecule has 1 aliphatic heterocycles. The average molecular weight is 338 g/mol. The standard InChI is InChI=1S/C17H26N2O3S/c1-13-7-9-16(10-8-13)23(21,22)12-14(2)18-17(20)19-11-5-4-6-15(19)3/h7-10,14-15H,4-6,11-12H2,1-3H3,(H,18,20)/t14-,15+/m0/s1. The van der Waals surface area contributed by atoms with Crippen LogP contribution in [0.15, 0.2) is 29.2 Å². The Bertz CT molecular complexity index is 640. The number of hydrogen-bond acceptors (Lipinski definition) is 3. The first-order valence-electron chi connectivity index (χ1n) is 8.16. The number of carbonyl (C=O) groups excluding carboxylic acids is 1. The molecule has 1 saturated heterocycles. The van der Waals surface area contributed by atoms with Crippen LogP contribution in [0.4, 0.5) is 4.79 Å². The van der Waals surface area contributed by atoms with Gasteiger partial charge in [0, 0.05) is 18.6 Å². The fourth-order valence-electron chi connectivity index (χ4n) is 2.91. The lowest BCUT2D eigenvalue weighted by Crippen LogP contribution is -2.50. The number of sulfone groups is 1. The number of rotatable bonds is 4. The second-order valence-electron chi connectivity index (χ2n) is 6.48. The van der Waals surface area contributed by atoms with Gasteiger partial charge in [-0.1, -0.05) is 17.7 Å². The van der Waals surface area contributed by atoms with Crippen LogP contribution >= 0.6 is 0 Å². The molecule has 2 rings (SSSR count). The number of likely N-dealkylation sites (tertiary alicyclic amines) is 1. The van der Waals surface area contributed by atoms with Gasteiger partial charge in [0.1, 0.15) is 0 Å². The molecule has 0 radical (unpaired) electrons. The van der Waals surface area contributed by atoms with Gasteiger partial charge >= 0.3 is 6.03 Å². The number of amides is 2. The Morgan fingerprint density at radius 1 is 1.30 bits per heavy atom. The quantitative estimate of drug-likeness (QED) is 0.918. The summed E-state index contributed by atoms with van der Waals surface area (Å²) >= 11 is 0. The SMILES string of the molecule is Cc1ccc(S(=O)(=O)C[C@H](C)NC(=O)N2CCCC[C@H]2C)cc1. The highest BCUT2D eigenvalue weighted by Gasteiger charge is 2.26. The predicted octanol–water partition coefficient (Wildman–Crippen LogP) is 2.74. The van der Waals surface area contributed by atoms with Gasteiger partial charge < -0.3 is 10.2 Å². The summed E-state index contributed by atoms with van der Waals surface area (Å²) in [7, 11) is -3.40. The zero-order valence-corrected chi connectivity index (χ0v) is 14.9. The first-order valence-corrected chi connectivity index (χ1v) is 9.81. The zero-order valence-electron chi connectivity index (χ0n) is 14.1. The van der Waals surface area contributed by atoms with Crippen LogP contribution < -0.4 is 5.32 Å². The molecule has 1 aromatic carbocycles. The summed E-state index contributed by atoms with van der Waals surface area (Å²) in [5.74, 6) is -0.0932. The molecule has 1 N–H and O–H groups in total. The Morgan fingerprint density at radius 2 is 1.96 bits per heavy atom. The fourth-order valence-corrected chi connectivity index (χ4v) is 4.39. The van der Waals surface area contributed by atoms with Gasteiger partial charge in [-0.25, -0.2) is 13.2 Å². The van der Waals surface area contributed by atoms with Gasteiger partial charge in [0.15, 0.2) is 9.84 Å². The normalized spacial score (nSPS) is 20.1. The molecule has 6 heteroatoms. The minimum atomic E-state index is -3.40. The Labute approximate surface area is 139 Å². The molecule has 23 heavy (non-hydrogen) atoms. The summed E-state index contributed by atoms with van der Waals surface area (Å²) in [6.07, 6.45) is 3.15. The first kappa shape index (κ1) is 17.8. The van der Waals surface area contributed by atoms with E-state index in [1.165, 1.54) is 0 Å². The van der Waals surface area contributed by atoms with Crippen LogP contribution in [0.3, 0.4) is 0 Å². The Balaban J connectivity index is 1.96. The van der Waals surface area contributed by atoms with Crippen molar-refractivity contribution in [3.05, 3.63) is 29.8 Å². The highest BCUT2D eigenvalue weighted by Crippen LogP contribution is 2.17. The summed E-state index contributed by atoms with van der Waals surface area (Å²) < 4.78 is 24.8. The third-order valence-corrected chi connectivity index (χ3v) is 6.21. The molecule has 1 heterocycles. The van der Waals surface area contributed by atoms with Crippen LogP contribution in [-0.2, 0) is 9.84 Å². The van der Waals surface area contributed by atoms with E-state index < -0.39 is 15.9 Å². The lowest BCUT2D eigenvalue weighted by Gasteiger charge is -2.34. The number of carbonyl (C=O) groups is 1. The van der Waals surface area contributed by atoms with Crippen molar-refractivity contribution in [2.75, 3.05) is 12.3 Å². The summed E-state index contributed by atoms with van der Waals surface area (Å²) in [6.45, 7) is 6.42. The van der Waals surface area contributed by atoms with Crippen molar-refractivity contribution in [2.45, 2.75) is 57.0 Å². The van der Waals surface area contributed by atoms with Crippen LogP contribution in [0.5, 0.6) is 0 Å². The topological polar surface area (TPSA) is 66.5 Å². The van der Waals surface area contributed by atoms with Gasteiger partial charge in [-0.05, 0) is 52.2 Å². The number of nitrogens with zero attached hydrogens (tertiary/aromatic N) is 1. The molecule has 1 fully saturated rings. The maximum Gasteiger partial charge on any atom is 0.317 e. The number of urea groups is 1. The maximum absolute atomic E-state index is 12.4. The van der Waals surface area contributed by atoms with Crippen LogP contribution in [0.1, 0.15) is 38.7 Å². The minimum Gasteiger partial charge on any atom is -0.334 e. The lowest BCUT2D eigenvalue weighted by molar-refractivity contribution is 0.156. The van der Waals surface area contributed by atoms with Crippen molar-refractivity contribution in [1.82, 2.24) is 10.2 Å². The first-order chi connectivity index (χ1) is 10.8. The Kier molecular flexibility index (Phi) is 5.68. The third-order valence-electron chi connectivity index (χ3n) is 4.28. The molecular formula is C17H26N2O3S. The molecule has 0 bridgehead atoms. The molecule has 2 amide bonds. The molecular weight excluding hydrogens is 312 g/mol. The highest BCUT2D eigenvalue weighted by atomic mass is 32.2. The highest BCUT2D eigenvalue weighted by molar-refractivity contribution is 7.91. The van der Waals surface area contributed by atoms with Crippen molar-refractivity contribution in [2.24, 2.45) is 0 Å². The van der Waals surface area contributed by atoms with Gasteiger partial charge in [-0.2, -0.15) is 0 Å². The monoisotopic (exact) mass is 338 g/mol. The molecule has 0 spiro atoms. The van der Waals surface area contributed by atoms with E-state index in [4.69, 9.17) is 0 Å². The molecule has 1 aromatic rings. The van der Waals surface area contributed by atoms with E-state index in [-0.39, 0.29) is 17.8 Å².